The minimum atomic E-state index is -2.29. The van der Waals surface area contributed by atoms with Crippen molar-refractivity contribution in [1.29, 1.82) is 0 Å². The van der Waals surface area contributed by atoms with E-state index < -0.39 is 294 Å². The number of carbonyl (C=O) groups is 1. The number of carbonyl (C=O) groups excluding carboxylic acids is 1. The maximum atomic E-state index is 15.6. The van der Waals surface area contributed by atoms with E-state index in [9.17, 15) is 107 Å². The molecule has 598 valence electrons. The fourth-order valence-electron chi connectivity index (χ4n) is 20.1. The molecule has 41 atom stereocenters. The van der Waals surface area contributed by atoms with Gasteiger partial charge in [0.1, 0.15) is 133 Å². The van der Waals surface area contributed by atoms with E-state index in [-0.39, 0.29) is 36.5 Å². The molecule has 12 aliphatic rings. The van der Waals surface area contributed by atoms with E-state index in [4.69, 9.17) is 66.3 Å². The highest BCUT2D eigenvalue weighted by Gasteiger charge is 2.74. The monoisotopic (exact) mass is 1500 g/mol. The number of allylic oxidation sites excluding steroid dienone is 2. The fourth-order valence-corrected chi connectivity index (χ4v) is 20.1. The normalized spacial score (nSPS) is 55.5. The van der Waals surface area contributed by atoms with Gasteiger partial charge < -0.3 is 174 Å². The third-order valence-electron chi connectivity index (χ3n) is 26.4. The summed E-state index contributed by atoms with van der Waals surface area (Å²) in [6.07, 6.45) is -49.8. The number of aliphatic hydroxyl groups is 21. The smallest absolute Gasteiger partial charge is 0.317 e. The van der Waals surface area contributed by atoms with Crippen LogP contribution in [0.2, 0.25) is 0 Å². The van der Waals surface area contributed by atoms with E-state index in [1.54, 1.807) is 6.92 Å². The Kier molecular flexibility index (Phi) is 23.8. The van der Waals surface area contributed by atoms with Crippen molar-refractivity contribution in [3.63, 3.8) is 0 Å². The van der Waals surface area contributed by atoms with Crippen LogP contribution in [0.4, 0.5) is 0 Å². The molecule has 21 N–H and O–H groups in total. The molecular formula is C68H110O36. The zero-order valence-corrected chi connectivity index (χ0v) is 59.1. The molecule has 7 heterocycles. The van der Waals surface area contributed by atoms with Crippen LogP contribution < -0.4 is 0 Å². The minimum absolute atomic E-state index is 0.0591. The summed E-state index contributed by atoms with van der Waals surface area (Å²) in [4.78, 5) is 15.6. The molecule has 0 aromatic heterocycles. The van der Waals surface area contributed by atoms with Crippen LogP contribution in [0.25, 0.3) is 0 Å². The van der Waals surface area contributed by atoms with Crippen molar-refractivity contribution in [3.8, 4) is 0 Å². The van der Waals surface area contributed by atoms with Crippen molar-refractivity contribution in [2.75, 3.05) is 52.9 Å². The summed E-state index contributed by atoms with van der Waals surface area (Å²) < 4.78 is 82.4. The predicted octanol–water partition coefficient (Wildman–Crippen LogP) is -8.06. The van der Waals surface area contributed by atoms with Gasteiger partial charge in [0.05, 0.1) is 77.3 Å². The highest BCUT2D eigenvalue weighted by Crippen LogP contribution is 2.76. The first-order chi connectivity index (χ1) is 48.8. The van der Waals surface area contributed by atoms with E-state index in [1.165, 1.54) is 6.92 Å². The first-order valence-corrected chi connectivity index (χ1v) is 36.2. The molecule has 0 radical (unpaired) electrons. The molecule has 36 nitrogen and oxygen atoms in total. The maximum Gasteiger partial charge on any atom is 0.317 e. The summed E-state index contributed by atoms with van der Waals surface area (Å²) in [5, 5.41) is 233. The highest BCUT2D eigenvalue weighted by atomic mass is 16.8. The first-order valence-electron chi connectivity index (χ1n) is 36.2. The third-order valence-corrected chi connectivity index (χ3v) is 26.4. The van der Waals surface area contributed by atoms with Gasteiger partial charge in [0, 0.05) is 5.41 Å². The van der Waals surface area contributed by atoms with Crippen LogP contribution in [-0.4, -0.2) is 368 Å². The standard InChI is InChI=1S/C68H110O36/c1-25-48(98-55-46(87)49(31(76)21-92-55)99-60-53(67(90,23-72)24-94-60)103-57-44(85)41(82)39(80)32(17-69)96-57)42(83)45(86)56(95-25)101-51-38(79)30(75)20-93-59(51)104-61(89)68-13-12-62(2,3)14-27(68)26-8-9-35-63(4)15-28(73)52(64(5,22-71)34(63)10-11-65(35,6)66(26,7)16-36(68)77)102-58-47(88)50(40(81)33(18-70)97-58)100-54-43(84)37(78)29(74)19-91-54/h8,25,27-60,69-88,90H,9-24H2,1-7H3/t25-,27-,28-,29+,30-,31+,32+,33+,34+,35+,36+,37-,38-,39-,40+,41-,42-,43+,44+,45+,46+,47+,48-,49-,50-,51+,52-,53-,54-,55-,56-,57-,58-,59-,60-,63-,64-,65+,66+,67+,68+/m0/s1. The van der Waals surface area contributed by atoms with Gasteiger partial charge in [-0.15, -0.1) is 0 Å². The Morgan fingerprint density at radius 3 is 1.68 bits per heavy atom. The van der Waals surface area contributed by atoms with Crippen molar-refractivity contribution in [3.05, 3.63) is 11.6 Å². The average Bonchev–Trinajstić information content (AvgIpc) is 0.700. The van der Waals surface area contributed by atoms with Gasteiger partial charge in [-0.3, -0.25) is 4.79 Å². The predicted molar refractivity (Wildman–Crippen MR) is 339 cm³/mol. The Hall–Kier alpha value is -2.15. The molecule has 4 saturated carbocycles. The Bertz CT molecular complexity index is 2980. The van der Waals surface area contributed by atoms with E-state index in [0.29, 0.717) is 32.1 Å². The molecule has 104 heavy (non-hydrogen) atoms. The molecule has 7 saturated heterocycles. The summed E-state index contributed by atoms with van der Waals surface area (Å²) in [5.41, 5.74) is -6.85. The molecule has 0 amide bonds. The SMILES string of the molecule is C[C@@H]1O[C@@H](O[C@H]2[C@H](OC(=O)[C@]34CCC(C)(C)C[C@H]3C3=CC[C@@H]5[C@@]6(C)C[C@H](O)[C@H](O[C@@H]7O[C@H](CO)[C@@H](O)[C@H](O[C@@H]8OC[C@@H](O)[C@H](O)[C@H]8O)[C@H]7O)[C@@](C)(CO)[C@@H]6CC[C@@]5(C)[C@]3(C)C[C@H]4O)OC[C@H](O)[C@@H]2O)[C@H](O)[C@H](O)[C@H]1O[C@@H]1OC[C@@H](O)[C@H](O[C@@H]2OC[C@](O)(CO)[C@H]2O[C@@H]2O[C@H](CO)[C@H](O)[C@H](O)[C@H]2O)[C@H]1O. The number of fused-ring (bicyclic) bond motifs is 7. The topological polar surface area (TPSA) is 571 Å². The van der Waals surface area contributed by atoms with Crippen LogP contribution in [0.15, 0.2) is 11.6 Å². The number of esters is 1. The number of ether oxygens (including phenoxy) is 14. The van der Waals surface area contributed by atoms with E-state index in [0.717, 1.165) is 5.57 Å². The molecular weight excluding hydrogens is 1390 g/mol. The van der Waals surface area contributed by atoms with Gasteiger partial charge in [-0.2, -0.15) is 0 Å². The average molecular weight is 1500 g/mol. The summed E-state index contributed by atoms with van der Waals surface area (Å²) in [7, 11) is 0. The summed E-state index contributed by atoms with van der Waals surface area (Å²) in [5.74, 6) is -2.15. The molecule has 0 unspecified atom stereocenters. The van der Waals surface area contributed by atoms with Crippen LogP contribution in [0.5, 0.6) is 0 Å². The number of aliphatic hydroxyl groups excluding tert-OH is 20. The second-order valence-electron chi connectivity index (χ2n) is 33.1. The number of rotatable bonds is 18. The molecule has 5 aliphatic carbocycles. The summed E-state index contributed by atoms with van der Waals surface area (Å²) in [6.45, 7) is 8.20. The van der Waals surface area contributed by atoms with Gasteiger partial charge in [-0.25, -0.2) is 0 Å². The van der Waals surface area contributed by atoms with Gasteiger partial charge >= 0.3 is 5.97 Å². The third kappa shape index (κ3) is 13.7. The van der Waals surface area contributed by atoms with Gasteiger partial charge in [0.25, 0.3) is 0 Å². The van der Waals surface area contributed by atoms with E-state index in [1.807, 2.05) is 0 Å². The minimum Gasteiger partial charge on any atom is -0.432 e. The molecule has 0 bridgehead atoms. The van der Waals surface area contributed by atoms with Crippen molar-refractivity contribution >= 4 is 5.97 Å². The number of hydrogen-bond acceptors (Lipinski definition) is 36. The van der Waals surface area contributed by atoms with Crippen LogP contribution in [0, 0.1) is 50.2 Å². The zero-order chi connectivity index (χ0) is 75.8. The summed E-state index contributed by atoms with van der Waals surface area (Å²) in [6, 6.07) is 0. The van der Waals surface area contributed by atoms with Crippen LogP contribution in [-0.2, 0) is 71.1 Å². The highest BCUT2D eigenvalue weighted by molar-refractivity contribution is 5.80. The van der Waals surface area contributed by atoms with Crippen molar-refractivity contribution in [2.45, 2.75) is 302 Å². The molecule has 0 spiro atoms. The van der Waals surface area contributed by atoms with E-state index in [2.05, 4.69) is 40.7 Å². The van der Waals surface area contributed by atoms with Gasteiger partial charge in [0.15, 0.2) is 43.8 Å². The van der Waals surface area contributed by atoms with Crippen LogP contribution in [0.3, 0.4) is 0 Å². The van der Waals surface area contributed by atoms with Crippen molar-refractivity contribution in [2.24, 2.45) is 50.2 Å². The molecule has 7 aliphatic heterocycles. The molecule has 0 aromatic rings. The lowest BCUT2D eigenvalue weighted by Gasteiger charge is -2.72. The quantitative estimate of drug-likeness (QED) is 0.0344. The van der Waals surface area contributed by atoms with Crippen molar-refractivity contribution < 1.29 is 178 Å². The second kappa shape index (κ2) is 30.4. The van der Waals surface area contributed by atoms with Gasteiger partial charge in [-0.1, -0.05) is 53.2 Å². The number of hydrogen-bond donors (Lipinski definition) is 21. The van der Waals surface area contributed by atoms with Crippen molar-refractivity contribution in [1.82, 2.24) is 0 Å². The lowest BCUT2D eigenvalue weighted by atomic mass is 9.33. The Labute approximate surface area is 599 Å². The lowest BCUT2D eigenvalue weighted by molar-refractivity contribution is -0.374. The lowest BCUT2D eigenvalue weighted by Crippen LogP contribution is -2.71. The second-order valence-corrected chi connectivity index (χ2v) is 33.1. The molecule has 0 aromatic carbocycles. The Balaban J connectivity index is 0.729. The van der Waals surface area contributed by atoms with Crippen LogP contribution >= 0.6 is 0 Å². The van der Waals surface area contributed by atoms with Gasteiger partial charge in [0.2, 0.25) is 6.29 Å². The first kappa shape index (κ1) is 81.3. The Morgan fingerprint density at radius 1 is 0.481 bits per heavy atom. The zero-order valence-electron chi connectivity index (χ0n) is 59.1. The summed E-state index contributed by atoms with van der Waals surface area (Å²) >= 11 is 0. The maximum absolute atomic E-state index is 15.6. The molecule has 12 rings (SSSR count). The van der Waals surface area contributed by atoms with Gasteiger partial charge in [-0.05, 0) is 97.7 Å². The van der Waals surface area contributed by atoms with Crippen LogP contribution in [0.1, 0.15) is 99.8 Å². The van der Waals surface area contributed by atoms with E-state index >= 15 is 4.79 Å². The molecule has 36 heteroatoms. The molecule has 11 fully saturated rings. The fraction of sp³-hybridized carbons (Fsp3) is 0.956. The Morgan fingerprint density at radius 2 is 1.03 bits per heavy atom. The largest absolute Gasteiger partial charge is 0.432 e.